The van der Waals surface area contributed by atoms with E-state index in [-0.39, 0.29) is 65.6 Å². The number of rotatable bonds is 4. The maximum Gasteiger partial charge on any atom is 0.240 e. The van der Waals surface area contributed by atoms with E-state index in [1.807, 2.05) is 0 Å². The Kier molecular flexibility index (Phi) is 2.88. The minimum absolute atomic E-state index is 0.0957. The van der Waals surface area contributed by atoms with Crippen molar-refractivity contribution >= 4 is 65.4 Å². The van der Waals surface area contributed by atoms with E-state index in [2.05, 4.69) is 0 Å². The van der Waals surface area contributed by atoms with Crippen molar-refractivity contribution in [3.8, 4) is 29.0 Å². The summed E-state index contributed by atoms with van der Waals surface area (Å²) in [6.45, 7) is 0. The first-order chi connectivity index (χ1) is 34.9. The predicted octanol–water partition coefficient (Wildman–Crippen LogP) is 10.8. The third kappa shape index (κ3) is 4.01. The van der Waals surface area contributed by atoms with Gasteiger partial charge in [-0.15, -0.1) is 0 Å². The fourth-order valence-corrected chi connectivity index (χ4v) is 6.50. The number of fused-ring (bicyclic) bond motifs is 9. The average molecular weight is 676 g/mol. The van der Waals surface area contributed by atoms with E-state index in [9.17, 15) is 6.85 Å². The number of nitrogens with zero attached hydrogens (tertiary/aromatic N) is 6. The van der Waals surface area contributed by atoms with Gasteiger partial charge in [-0.05, 0) is 48.4 Å². The highest BCUT2D eigenvalue weighted by Gasteiger charge is 2.22. The molecule has 6 nitrogen and oxygen atoms in total. The lowest BCUT2D eigenvalue weighted by Crippen LogP contribution is -2.11. The molecule has 0 saturated heterocycles. The fraction of sp³-hybridized carbons (Fsp3) is 0. The number of hydrogen-bond acceptors (Lipinski definition) is 3. The first-order valence-corrected chi connectivity index (χ1v) is 15.3. The van der Waals surface area contributed by atoms with Crippen molar-refractivity contribution in [2.45, 2.75) is 0 Å². The van der Waals surface area contributed by atoms with Gasteiger partial charge in [0.2, 0.25) is 11.9 Å². The number of hydrogen-bond donors (Lipinski definition) is 0. The molecule has 0 aliphatic heterocycles. The first-order valence-electron chi connectivity index (χ1n) is 26.8. The van der Waals surface area contributed by atoms with Crippen LogP contribution in [-0.2, 0) is 0 Å². The van der Waals surface area contributed by atoms with E-state index in [0.29, 0.717) is 0 Å². The van der Waals surface area contributed by atoms with Gasteiger partial charge < -0.3 is 4.57 Å². The molecule has 6 heteroatoms. The van der Waals surface area contributed by atoms with Crippen molar-refractivity contribution in [2.24, 2.45) is 0 Å². The molecular weight excluding hydrogens is 625 g/mol. The minimum atomic E-state index is -0.794. The standard InChI is InChI=1S/C45H28N6/c1-8-22-36-29(15-1)30-16-2-9-23-37(30)49(36)42-28-14-7-21-35(42)43-46-44(50-38-24-10-3-17-31(38)32-18-4-11-25-39(32)50)48-45(47-43)51-40-26-12-5-19-33(40)34-20-6-13-27-41(34)51/h1-28H/i1D,2D,3D,4D,5D,6D,8D,9D,10D,11D,12D,13D,15D,16D,17D,18D,19D,20D,22D,23D,24D,25D,26D. The molecule has 238 valence electrons. The van der Waals surface area contributed by atoms with Crippen molar-refractivity contribution in [1.29, 1.82) is 0 Å². The molecule has 0 amide bonds. The fourth-order valence-electron chi connectivity index (χ4n) is 6.50. The molecule has 0 spiro atoms. The van der Waals surface area contributed by atoms with Crippen LogP contribution in [0.2, 0.25) is 0 Å². The third-order valence-electron chi connectivity index (χ3n) is 8.57. The SMILES string of the molecule is [2H]c1cc2c(c([2H])c1[2H])c1c([2H])c([2H])c([2H])c([2H])c1n2-c1nc(-c2ccccc2-n2c3c([2H])c([2H])c([2H])c([2H])c3c3c([2H])c([2H])c([2H])c([2H])c32)nc(-n2c3c([2H])c([2H])c([2H])c([2H])c3c3c([2H])c([2H])c([2H])c([2H])c32)n1. The van der Waals surface area contributed by atoms with Gasteiger partial charge in [-0.25, -0.2) is 0 Å². The zero-order valence-corrected chi connectivity index (χ0v) is 25.6. The number of aromatic nitrogens is 6. The summed E-state index contributed by atoms with van der Waals surface area (Å²) in [5, 5.41) is -1.82. The van der Waals surface area contributed by atoms with E-state index < -0.39 is 168 Å². The molecule has 0 aliphatic carbocycles. The van der Waals surface area contributed by atoms with Gasteiger partial charge in [-0.1, -0.05) is 121 Å². The summed E-state index contributed by atoms with van der Waals surface area (Å²) < 4.78 is 207. The van der Waals surface area contributed by atoms with Crippen LogP contribution in [0.5, 0.6) is 0 Å². The van der Waals surface area contributed by atoms with E-state index in [1.165, 1.54) is 28.8 Å². The maximum atomic E-state index is 9.23. The Morgan fingerprint density at radius 3 is 1.22 bits per heavy atom. The Labute approximate surface area is 324 Å². The summed E-state index contributed by atoms with van der Waals surface area (Å²) in [5.74, 6) is -1.70. The molecule has 0 radical (unpaired) electrons. The highest BCUT2D eigenvalue weighted by Crippen LogP contribution is 2.37. The Hall–Kier alpha value is -7.05. The van der Waals surface area contributed by atoms with E-state index in [0.717, 1.165) is 15.2 Å². The van der Waals surface area contributed by atoms with Crippen molar-refractivity contribution in [3.05, 3.63) is 169 Å². The number of benzene rings is 7. The van der Waals surface area contributed by atoms with Crippen LogP contribution in [0.4, 0.5) is 0 Å². The topological polar surface area (TPSA) is 53.5 Å². The molecule has 0 bridgehead atoms. The van der Waals surface area contributed by atoms with Crippen molar-refractivity contribution < 1.29 is 31.5 Å². The van der Waals surface area contributed by atoms with Crippen molar-refractivity contribution in [2.75, 3.05) is 0 Å². The molecule has 51 heavy (non-hydrogen) atoms. The van der Waals surface area contributed by atoms with Crippen molar-refractivity contribution in [3.63, 3.8) is 0 Å². The third-order valence-corrected chi connectivity index (χ3v) is 8.57. The molecule has 4 heterocycles. The molecule has 0 saturated carbocycles. The van der Waals surface area contributed by atoms with Crippen LogP contribution in [0.15, 0.2) is 169 Å². The molecule has 7 aromatic carbocycles. The summed E-state index contributed by atoms with van der Waals surface area (Å²) in [7, 11) is 0. The van der Waals surface area contributed by atoms with Crippen LogP contribution < -0.4 is 0 Å². The second-order valence-electron chi connectivity index (χ2n) is 11.2. The number of para-hydroxylation sites is 7. The van der Waals surface area contributed by atoms with Gasteiger partial charge in [0.1, 0.15) is 0 Å². The molecule has 0 unspecified atom stereocenters. The summed E-state index contributed by atoms with van der Waals surface area (Å²) in [5.41, 5.74) is -2.28. The zero-order valence-electron chi connectivity index (χ0n) is 48.6. The summed E-state index contributed by atoms with van der Waals surface area (Å²) in [6, 6.07) is -9.12. The Morgan fingerprint density at radius 2 is 0.725 bits per heavy atom. The first kappa shape index (κ1) is 13.7. The normalized spacial score (nSPS) is 18.2. The lowest BCUT2D eigenvalue weighted by atomic mass is 10.1. The molecule has 0 N–H and O–H groups in total. The highest BCUT2D eigenvalue weighted by molar-refractivity contribution is 6.11. The second-order valence-corrected chi connectivity index (χ2v) is 11.2. The van der Waals surface area contributed by atoms with Crippen LogP contribution >= 0.6 is 0 Å². The molecule has 0 fully saturated rings. The zero-order chi connectivity index (χ0) is 53.5. The lowest BCUT2D eigenvalue weighted by molar-refractivity contribution is 0.892. The summed E-state index contributed by atoms with van der Waals surface area (Å²) in [6.07, 6.45) is 0. The smallest absolute Gasteiger partial charge is 0.240 e. The Bertz CT molecular complexity index is 4330. The average Bonchev–Trinajstić information content (AvgIpc) is 4.09. The molecule has 0 atom stereocenters. The van der Waals surface area contributed by atoms with Gasteiger partial charge in [0.05, 0.1) is 70.3 Å². The van der Waals surface area contributed by atoms with Crippen LogP contribution in [0.3, 0.4) is 0 Å². The van der Waals surface area contributed by atoms with Gasteiger partial charge >= 0.3 is 0 Å². The van der Waals surface area contributed by atoms with Gasteiger partial charge in [-0.3, -0.25) is 9.13 Å². The van der Waals surface area contributed by atoms with Crippen LogP contribution in [0, 0.1) is 0 Å². The van der Waals surface area contributed by atoms with Gasteiger partial charge in [0.15, 0.2) is 5.82 Å². The second kappa shape index (κ2) is 10.7. The van der Waals surface area contributed by atoms with Gasteiger partial charge in [-0.2, -0.15) is 15.0 Å². The van der Waals surface area contributed by atoms with Gasteiger partial charge in [0, 0.05) is 37.9 Å². The van der Waals surface area contributed by atoms with Crippen LogP contribution in [-0.4, -0.2) is 28.7 Å². The van der Waals surface area contributed by atoms with Crippen molar-refractivity contribution in [1.82, 2.24) is 28.7 Å². The summed E-state index contributed by atoms with van der Waals surface area (Å²) >= 11 is 0. The molecule has 4 aromatic heterocycles. The maximum absolute atomic E-state index is 9.23. The molecule has 0 aliphatic rings. The molecule has 11 rings (SSSR count). The quantitative estimate of drug-likeness (QED) is 0.187. The van der Waals surface area contributed by atoms with Crippen LogP contribution in [0.1, 0.15) is 31.5 Å². The Balaban J connectivity index is 1.40. The summed E-state index contributed by atoms with van der Waals surface area (Å²) in [4.78, 5) is 14.4. The molecule has 11 aromatic rings. The van der Waals surface area contributed by atoms with Gasteiger partial charge in [0.25, 0.3) is 0 Å². The van der Waals surface area contributed by atoms with E-state index in [1.54, 1.807) is 0 Å². The predicted molar refractivity (Wildman–Crippen MR) is 208 cm³/mol. The van der Waals surface area contributed by atoms with E-state index >= 15 is 0 Å². The lowest BCUT2D eigenvalue weighted by Gasteiger charge is -2.16. The highest BCUT2D eigenvalue weighted by atomic mass is 15.3. The van der Waals surface area contributed by atoms with Crippen LogP contribution in [0.25, 0.3) is 94.4 Å². The monoisotopic (exact) mass is 675 g/mol. The largest absolute Gasteiger partial charge is 0.309 e. The molecular formula is C45H28N6. The van der Waals surface area contributed by atoms with E-state index in [4.69, 9.17) is 39.6 Å². The Morgan fingerprint density at radius 1 is 0.353 bits per heavy atom. The minimum Gasteiger partial charge on any atom is -0.309 e.